The standard InChI is InChI=1S/C14H20O2/c1-12(2)11-14(15)16-10-6-9-13-7-4-3-5-8-13/h3-5,7-8,12H,6,9-11H2,1-2H3. The maximum Gasteiger partial charge on any atom is 0.306 e. The highest BCUT2D eigenvalue weighted by molar-refractivity contribution is 5.69. The highest BCUT2D eigenvalue weighted by Gasteiger charge is 2.05. The lowest BCUT2D eigenvalue weighted by molar-refractivity contribution is -0.144. The summed E-state index contributed by atoms with van der Waals surface area (Å²) in [6.45, 7) is 4.57. The fourth-order valence-electron chi connectivity index (χ4n) is 1.50. The lowest BCUT2D eigenvalue weighted by atomic mass is 10.1. The monoisotopic (exact) mass is 220 g/mol. The fourth-order valence-corrected chi connectivity index (χ4v) is 1.50. The van der Waals surface area contributed by atoms with Crippen molar-refractivity contribution in [1.82, 2.24) is 0 Å². The second-order valence-corrected chi connectivity index (χ2v) is 4.41. The first-order chi connectivity index (χ1) is 7.68. The fraction of sp³-hybridized carbons (Fsp3) is 0.500. The molecule has 0 heterocycles. The Kier molecular flexibility index (Phi) is 5.62. The first-order valence-electron chi connectivity index (χ1n) is 5.88. The molecule has 0 aromatic heterocycles. The SMILES string of the molecule is CC(C)CC(=O)OCCCc1ccccc1. The van der Waals surface area contributed by atoms with Crippen molar-refractivity contribution in [2.75, 3.05) is 6.61 Å². The molecule has 0 aliphatic carbocycles. The molecule has 0 saturated carbocycles. The van der Waals surface area contributed by atoms with Gasteiger partial charge in [0.2, 0.25) is 0 Å². The number of aryl methyl sites for hydroxylation is 1. The lowest BCUT2D eigenvalue weighted by Crippen LogP contribution is -2.09. The van der Waals surface area contributed by atoms with Crippen LogP contribution in [0, 0.1) is 5.92 Å². The van der Waals surface area contributed by atoms with Gasteiger partial charge in [-0.05, 0) is 24.3 Å². The van der Waals surface area contributed by atoms with Gasteiger partial charge in [-0.15, -0.1) is 0 Å². The highest BCUT2D eigenvalue weighted by Crippen LogP contribution is 2.04. The van der Waals surface area contributed by atoms with Crippen molar-refractivity contribution >= 4 is 5.97 Å². The van der Waals surface area contributed by atoms with E-state index in [2.05, 4.69) is 12.1 Å². The van der Waals surface area contributed by atoms with Crippen molar-refractivity contribution in [3.05, 3.63) is 35.9 Å². The van der Waals surface area contributed by atoms with E-state index in [1.807, 2.05) is 32.0 Å². The van der Waals surface area contributed by atoms with Crippen LogP contribution in [0.5, 0.6) is 0 Å². The van der Waals surface area contributed by atoms with E-state index in [4.69, 9.17) is 4.74 Å². The molecule has 2 heteroatoms. The number of rotatable bonds is 6. The smallest absolute Gasteiger partial charge is 0.306 e. The van der Waals surface area contributed by atoms with E-state index in [0.717, 1.165) is 12.8 Å². The summed E-state index contributed by atoms with van der Waals surface area (Å²) >= 11 is 0. The van der Waals surface area contributed by atoms with E-state index in [1.54, 1.807) is 0 Å². The minimum absolute atomic E-state index is 0.0805. The molecular weight excluding hydrogens is 200 g/mol. The summed E-state index contributed by atoms with van der Waals surface area (Å²) in [6, 6.07) is 10.2. The summed E-state index contributed by atoms with van der Waals surface area (Å²) in [5.41, 5.74) is 1.29. The van der Waals surface area contributed by atoms with Gasteiger partial charge >= 0.3 is 5.97 Å². The molecule has 1 aromatic rings. The van der Waals surface area contributed by atoms with Crippen LogP contribution in [-0.4, -0.2) is 12.6 Å². The number of hydrogen-bond donors (Lipinski definition) is 0. The van der Waals surface area contributed by atoms with E-state index in [9.17, 15) is 4.79 Å². The number of benzene rings is 1. The van der Waals surface area contributed by atoms with Crippen LogP contribution >= 0.6 is 0 Å². The van der Waals surface area contributed by atoms with Gasteiger partial charge in [0.1, 0.15) is 0 Å². The molecule has 0 bridgehead atoms. The molecular formula is C14H20O2. The third-order valence-electron chi connectivity index (χ3n) is 2.29. The van der Waals surface area contributed by atoms with E-state index in [1.165, 1.54) is 5.56 Å². The predicted molar refractivity (Wildman–Crippen MR) is 65.2 cm³/mol. The molecule has 0 spiro atoms. The van der Waals surface area contributed by atoms with E-state index < -0.39 is 0 Å². The first kappa shape index (κ1) is 12.8. The van der Waals surface area contributed by atoms with Crippen LogP contribution in [0.1, 0.15) is 32.3 Å². The molecule has 16 heavy (non-hydrogen) atoms. The molecule has 1 aromatic carbocycles. The van der Waals surface area contributed by atoms with Crippen LogP contribution in [0.2, 0.25) is 0 Å². The van der Waals surface area contributed by atoms with Gasteiger partial charge < -0.3 is 4.74 Å². The summed E-state index contributed by atoms with van der Waals surface area (Å²) in [7, 11) is 0. The average Bonchev–Trinajstić information content (AvgIpc) is 2.25. The Balaban J connectivity index is 2.10. The zero-order valence-corrected chi connectivity index (χ0v) is 10.1. The van der Waals surface area contributed by atoms with Crippen LogP contribution in [-0.2, 0) is 16.0 Å². The largest absolute Gasteiger partial charge is 0.466 e. The number of carbonyl (C=O) groups is 1. The van der Waals surface area contributed by atoms with Crippen LogP contribution in [0.15, 0.2) is 30.3 Å². The van der Waals surface area contributed by atoms with Gasteiger partial charge in [-0.1, -0.05) is 44.2 Å². The third-order valence-corrected chi connectivity index (χ3v) is 2.29. The number of hydrogen-bond acceptors (Lipinski definition) is 2. The summed E-state index contributed by atoms with van der Waals surface area (Å²) in [5.74, 6) is 0.296. The predicted octanol–water partition coefficient (Wildman–Crippen LogP) is 3.21. The Morgan fingerprint density at radius 3 is 2.56 bits per heavy atom. The van der Waals surface area contributed by atoms with Crippen LogP contribution in [0.4, 0.5) is 0 Å². The highest BCUT2D eigenvalue weighted by atomic mass is 16.5. The van der Waals surface area contributed by atoms with Crippen molar-refractivity contribution in [2.24, 2.45) is 5.92 Å². The van der Waals surface area contributed by atoms with Crippen molar-refractivity contribution < 1.29 is 9.53 Å². The Bertz CT molecular complexity index is 304. The maximum absolute atomic E-state index is 11.2. The van der Waals surface area contributed by atoms with Gasteiger partial charge in [-0.25, -0.2) is 0 Å². The molecule has 88 valence electrons. The molecule has 0 fully saturated rings. The zero-order valence-electron chi connectivity index (χ0n) is 10.1. The number of ether oxygens (including phenoxy) is 1. The van der Waals surface area contributed by atoms with Crippen molar-refractivity contribution in [2.45, 2.75) is 33.1 Å². The Morgan fingerprint density at radius 2 is 1.94 bits per heavy atom. The summed E-state index contributed by atoms with van der Waals surface area (Å²) in [4.78, 5) is 11.2. The third kappa shape index (κ3) is 5.54. The molecule has 0 amide bonds. The van der Waals surface area contributed by atoms with Gasteiger partial charge in [0.15, 0.2) is 0 Å². The maximum atomic E-state index is 11.2. The molecule has 0 atom stereocenters. The number of carbonyl (C=O) groups excluding carboxylic acids is 1. The average molecular weight is 220 g/mol. The minimum Gasteiger partial charge on any atom is -0.466 e. The number of esters is 1. The van der Waals surface area contributed by atoms with Gasteiger partial charge in [0.05, 0.1) is 6.61 Å². The van der Waals surface area contributed by atoms with Crippen LogP contribution < -0.4 is 0 Å². The van der Waals surface area contributed by atoms with E-state index in [-0.39, 0.29) is 5.97 Å². The lowest BCUT2D eigenvalue weighted by Gasteiger charge is -2.06. The molecule has 0 N–H and O–H groups in total. The normalized spacial score (nSPS) is 10.4. The minimum atomic E-state index is -0.0805. The second-order valence-electron chi connectivity index (χ2n) is 4.41. The molecule has 1 rings (SSSR count). The van der Waals surface area contributed by atoms with Crippen molar-refractivity contribution in [3.8, 4) is 0 Å². The summed E-state index contributed by atoms with van der Waals surface area (Å²) in [6.07, 6.45) is 2.38. The Morgan fingerprint density at radius 1 is 1.25 bits per heavy atom. The molecule has 0 radical (unpaired) electrons. The van der Waals surface area contributed by atoms with Gasteiger partial charge in [-0.3, -0.25) is 4.79 Å². The van der Waals surface area contributed by atoms with Crippen LogP contribution in [0.3, 0.4) is 0 Å². The van der Waals surface area contributed by atoms with E-state index >= 15 is 0 Å². The molecule has 0 aliphatic rings. The van der Waals surface area contributed by atoms with Gasteiger partial charge in [0.25, 0.3) is 0 Å². The Labute approximate surface area is 97.6 Å². The van der Waals surface area contributed by atoms with E-state index in [0.29, 0.717) is 18.9 Å². The summed E-state index contributed by atoms with van der Waals surface area (Å²) in [5, 5.41) is 0. The Hall–Kier alpha value is -1.31. The molecule has 0 unspecified atom stereocenters. The molecule has 0 aliphatic heterocycles. The topological polar surface area (TPSA) is 26.3 Å². The zero-order chi connectivity index (χ0) is 11.8. The van der Waals surface area contributed by atoms with Crippen molar-refractivity contribution in [3.63, 3.8) is 0 Å². The van der Waals surface area contributed by atoms with Gasteiger partial charge in [-0.2, -0.15) is 0 Å². The van der Waals surface area contributed by atoms with Crippen LogP contribution in [0.25, 0.3) is 0 Å². The second kappa shape index (κ2) is 7.04. The quantitative estimate of drug-likeness (QED) is 0.543. The van der Waals surface area contributed by atoms with Gasteiger partial charge in [0, 0.05) is 6.42 Å². The summed E-state index contributed by atoms with van der Waals surface area (Å²) < 4.78 is 5.14. The first-order valence-corrected chi connectivity index (χ1v) is 5.88. The van der Waals surface area contributed by atoms with Crippen molar-refractivity contribution in [1.29, 1.82) is 0 Å². The molecule has 0 saturated heterocycles. The molecule has 2 nitrogen and oxygen atoms in total.